The summed E-state index contributed by atoms with van der Waals surface area (Å²) in [5.74, 6) is 1.63. The lowest BCUT2D eigenvalue weighted by atomic mass is 9.94. The summed E-state index contributed by atoms with van der Waals surface area (Å²) in [6.07, 6.45) is 6.67. The lowest BCUT2D eigenvalue weighted by Crippen LogP contribution is -2.40. The number of ether oxygens (including phenoxy) is 2. The van der Waals surface area contributed by atoms with E-state index in [0.717, 1.165) is 30.7 Å². The van der Waals surface area contributed by atoms with Crippen molar-refractivity contribution in [3.63, 3.8) is 0 Å². The highest BCUT2D eigenvalue weighted by atomic mass is 16.5. The fourth-order valence-electron chi connectivity index (χ4n) is 3.36. The molecule has 3 N–H and O–H groups in total. The number of anilines is 1. The van der Waals surface area contributed by atoms with Gasteiger partial charge in [0.15, 0.2) is 17.5 Å². The van der Waals surface area contributed by atoms with Crippen LogP contribution in [0.1, 0.15) is 38.5 Å². The number of hydrogen-bond acceptors (Lipinski definition) is 4. The van der Waals surface area contributed by atoms with E-state index in [0.29, 0.717) is 25.0 Å². The van der Waals surface area contributed by atoms with Crippen LogP contribution < -0.4 is 20.5 Å². The Morgan fingerprint density at radius 1 is 1.19 bits per heavy atom. The van der Waals surface area contributed by atoms with Crippen molar-refractivity contribution in [2.75, 3.05) is 32.1 Å². The highest BCUT2D eigenvalue weighted by molar-refractivity contribution is 5.94. The number of likely N-dealkylation sites (N-methyl/N-ethyl adjacent to an activating group) is 1. The predicted octanol–water partition coefficient (Wildman–Crippen LogP) is 2.37. The summed E-state index contributed by atoms with van der Waals surface area (Å²) in [6.45, 7) is 1.33. The number of fused-ring (bicyclic) bond motifs is 1. The molecule has 0 unspecified atom stereocenters. The largest absolute Gasteiger partial charge is 0.490 e. The van der Waals surface area contributed by atoms with E-state index < -0.39 is 0 Å². The third kappa shape index (κ3) is 4.80. The molecule has 0 saturated heterocycles. The molecule has 3 rings (SSSR count). The third-order valence-corrected chi connectivity index (χ3v) is 4.92. The van der Waals surface area contributed by atoms with Crippen LogP contribution >= 0.6 is 0 Å². The zero-order valence-electron chi connectivity index (χ0n) is 15.4. The molecule has 1 aliphatic carbocycles. The minimum Gasteiger partial charge on any atom is -0.490 e. The minimum absolute atomic E-state index is 0.000289. The molecular formula is C19H28N4O3. The summed E-state index contributed by atoms with van der Waals surface area (Å²) >= 11 is 0. The molecule has 0 aromatic heterocycles. The summed E-state index contributed by atoms with van der Waals surface area (Å²) in [5.41, 5.74) is 6.69. The molecule has 7 nitrogen and oxygen atoms in total. The van der Waals surface area contributed by atoms with E-state index in [1.165, 1.54) is 19.3 Å². The second kappa shape index (κ2) is 8.78. The molecule has 26 heavy (non-hydrogen) atoms. The second-order valence-electron chi connectivity index (χ2n) is 6.83. The van der Waals surface area contributed by atoms with E-state index in [4.69, 9.17) is 15.2 Å². The maximum atomic E-state index is 12.3. The Morgan fingerprint density at radius 2 is 1.92 bits per heavy atom. The van der Waals surface area contributed by atoms with Crippen LogP contribution in [0.2, 0.25) is 0 Å². The average molecular weight is 360 g/mol. The Balaban J connectivity index is 1.54. The van der Waals surface area contributed by atoms with E-state index in [1.54, 1.807) is 0 Å². The molecule has 142 valence electrons. The van der Waals surface area contributed by atoms with Crippen molar-refractivity contribution in [2.45, 2.75) is 44.6 Å². The number of guanidine groups is 1. The van der Waals surface area contributed by atoms with Crippen LogP contribution in [0.3, 0.4) is 0 Å². The van der Waals surface area contributed by atoms with Crippen molar-refractivity contribution in [3.8, 4) is 11.5 Å². The number of nitrogens with two attached hydrogens (primary N) is 1. The number of hydrogen-bond donors (Lipinski definition) is 2. The van der Waals surface area contributed by atoms with Gasteiger partial charge in [0, 0.05) is 31.3 Å². The van der Waals surface area contributed by atoms with Crippen molar-refractivity contribution < 1.29 is 14.3 Å². The lowest BCUT2D eigenvalue weighted by molar-refractivity contribution is -0.130. The quantitative estimate of drug-likeness (QED) is 0.636. The smallest absolute Gasteiger partial charge is 0.244 e. The van der Waals surface area contributed by atoms with Crippen molar-refractivity contribution in [3.05, 3.63) is 18.2 Å². The van der Waals surface area contributed by atoms with Crippen LogP contribution in [0.5, 0.6) is 11.5 Å². The summed E-state index contributed by atoms with van der Waals surface area (Å²) in [6, 6.07) is 5.87. The summed E-state index contributed by atoms with van der Waals surface area (Å²) in [4.78, 5) is 18.3. The van der Waals surface area contributed by atoms with Gasteiger partial charge in [-0.25, -0.2) is 4.99 Å². The Morgan fingerprint density at radius 3 is 2.69 bits per heavy atom. The summed E-state index contributed by atoms with van der Waals surface area (Å²) in [7, 11) is 1.86. The molecule has 1 aromatic rings. The second-order valence-corrected chi connectivity index (χ2v) is 6.83. The molecule has 1 aliphatic heterocycles. The van der Waals surface area contributed by atoms with Crippen LogP contribution in [0.25, 0.3) is 0 Å². The monoisotopic (exact) mass is 360 g/mol. The van der Waals surface area contributed by atoms with Gasteiger partial charge in [-0.2, -0.15) is 0 Å². The van der Waals surface area contributed by atoms with Crippen LogP contribution in [0, 0.1) is 0 Å². The van der Waals surface area contributed by atoms with Gasteiger partial charge in [-0.3, -0.25) is 4.79 Å². The number of carbonyl (C=O) groups excluding carboxylic acids is 1. The van der Waals surface area contributed by atoms with Crippen LogP contribution in [-0.2, 0) is 4.79 Å². The zero-order chi connectivity index (χ0) is 18.4. The number of carbonyl (C=O) groups is 1. The molecule has 1 amide bonds. The molecule has 7 heteroatoms. The van der Waals surface area contributed by atoms with Gasteiger partial charge in [-0.15, -0.1) is 0 Å². The fraction of sp³-hybridized carbons (Fsp3) is 0.579. The SMILES string of the molecule is CN(C(=O)CN=C(N)Nc1ccc2c(c1)OCCCO2)C1CCCCC1. The first-order chi connectivity index (χ1) is 12.6. The number of nitrogens with zero attached hydrogens (tertiary/aromatic N) is 2. The van der Waals surface area contributed by atoms with Gasteiger partial charge < -0.3 is 25.4 Å². The predicted molar refractivity (Wildman–Crippen MR) is 102 cm³/mol. The first kappa shape index (κ1) is 18.4. The maximum Gasteiger partial charge on any atom is 0.244 e. The Bertz CT molecular complexity index is 656. The fourth-order valence-corrected chi connectivity index (χ4v) is 3.36. The van der Waals surface area contributed by atoms with Crippen LogP contribution in [-0.4, -0.2) is 49.6 Å². The zero-order valence-corrected chi connectivity index (χ0v) is 15.4. The van der Waals surface area contributed by atoms with E-state index in [2.05, 4.69) is 10.3 Å². The number of amides is 1. The van der Waals surface area contributed by atoms with Gasteiger partial charge in [0.2, 0.25) is 5.91 Å². The van der Waals surface area contributed by atoms with Gasteiger partial charge in [0.1, 0.15) is 6.54 Å². The van der Waals surface area contributed by atoms with Gasteiger partial charge in [0.25, 0.3) is 0 Å². The van der Waals surface area contributed by atoms with Gasteiger partial charge in [0.05, 0.1) is 13.2 Å². The van der Waals surface area contributed by atoms with Crippen molar-refractivity contribution in [1.29, 1.82) is 0 Å². The Labute approximate surface area is 154 Å². The van der Waals surface area contributed by atoms with Crippen LogP contribution in [0.15, 0.2) is 23.2 Å². The highest BCUT2D eigenvalue weighted by Crippen LogP contribution is 2.32. The highest BCUT2D eigenvalue weighted by Gasteiger charge is 2.21. The molecule has 1 heterocycles. The first-order valence-corrected chi connectivity index (χ1v) is 9.36. The average Bonchev–Trinajstić information content (AvgIpc) is 2.91. The van der Waals surface area contributed by atoms with E-state index in [-0.39, 0.29) is 18.4 Å². The first-order valence-electron chi connectivity index (χ1n) is 9.36. The Kier molecular flexibility index (Phi) is 6.20. The third-order valence-electron chi connectivity index (χ3n) is 4.92. The van der Waals surface area contributed by atoms with Crippen molar-refractivity contribution in [2.24, 2.45) is 10.7 Å². The molecule has 0 radical (unpaired) electrons. The maximum absolute atomic E-state index is 12.3. The molecular weight excluding hydrogens is 332 g/mol. The summed E-state index contributed by atoms with van der Waals surface area (Å²) < 4.78 is 11.3. The van der Waals surface area contributed by atoms with E-state index in [1.807, 2.05) is 30.1 Å². The molecule has 0 atom stereocenters. The summed E-state index contributed by atoms with van der Waals surface area (Å²) in [5, 5.41) is 3.01. The topological polar surface area (TPSA) is 89.2 Å². The van der Waals surface area contributed by atoms with E-state index in [9.17, 15) is 4.79 Å². The number of benzene rings is 1. The number of nitrogens with one attached hydrogen (secondary N) is 1. The number of rotatable bonds is 4. The molecule has 0 bridgehead atoms. The van der Waals surface area contributed by atoms with Gasteiger partial charge >= 0.3 is 0 Å². The molecule has 1 saturated carbocycles. The van der Waals surface area contributed by atoms with Crippen LogP contribution in [0.4, 0.5) is 5.69 Å². The standard InChI is InChI=1S/C19H28N4O3/c1-23(15-6-3-2-4-7-15)18(24)13-21-19(20)22-14-8-9-16-17(12-14)26-11-5-10-25-16/h8-9,12,15H,2-7,10-11,13H2,1H3,(H3,20,21,22). The molecule has 1 fully saturated rings. The molecule has 2 aliphatic rings. The van der Waals surface area contributed by atoms with Crippen molar-refractivity contribution >= 4 is 17.6 Å². The minimum atomic E-state index is 0.000289. The Hall–Kier alpha value is -2.44. The normalized spacial score (nSPS) is 18.1. The number of aliphatic imine (C=N–C) groups is 1. The van der Waals surface area contributed by atoms with Gasteiger partial charge in [-0.05, 0) is 25.0 Å². The molecule has 1 aromatic carbocycles. The van der Waals surface area contributed by atoms with E-state index >= 15 is 0 Å². The molecule has 0 spiro atoms. The lowest BCUT2D eigenvalue weighted by Gasteiger charge is -2.30. The van der Waals surface area contributed by atoms with Crippen molar-refractivity contribution in [1.82, 2.24) is 4.90 Å². The van der Waals surface area contributed by atoms with Gasteiger partial charge in [-0.1, -0.05) is 19.3 Å².